The summed E-state index contributed by atoms with van der Waals surface area (Å²) in [5, 5.41) is 0. The van der Waals surface area contributed by atoms with Gasteiger partial charge in [-0.15, -0.1) is 0 Å². The fourth-order valence-corrected chi connectivity index (χ4v) is 3.13. The molecule has 0 radical (unpaired) electrons. The Balaban J connectivity index is 2.29. The van der Waals surface area contributed by atoms with Gasteiger partial charge in [0.05, 0.1) is 12.2 Å². The quantitative estimate of drug-likeness (QED) is 0.611. The van der Waals surface area contributed by atoms with E-state index in [-0.39, 0.29) is 5.60 Å². The van der Waals surface area contributed by atoms with Crippen LogP contribution in [-0.4, -0.2) is 12.2 Å². The van der Waals surface area contributed by atoms with Crippen molar-refractivity contribution in [1.82, 2.24) is 0 Å². The Morgan fingerprint density at radius 3 is 2.79 bits per heavy atom. The van der Waals surface area contributed by atoms with Gasteiger partial charge in [0.25, 0.3) is 0 Å². The highest BCUT2D eigenvalue weighted by molar-refractivity contribution is 5.26. The van der Waals surface area contributed by atoms with Gasteiger partial charge in [0.15, 0.2) is 0 Å². The van der Waals surface area contributed by atoms with Gasteiger partial charge in [0.2, 0.25) is 0 Å². The first-order chi connectivity index (χ1) is 6.73. The predicted molar refractivity (Wildman–Crippen MR) is 59.2 cm³/mol. The summed E-state index contributed by atoms with van der Waals surface area (Å²) >= 11 is 0. The van der Waals surface area contributed by atoms with Crippen LogP contribution in [0.15, 0.2) is 11.6 Å². The molecule has 14 heavy (non-hydrogen) atoms. The Kier molecular flexibility index (Phi) is 2.70. The number of hydrogen-bond donors (Lipinski definition) is 0. The van der Waals surface area contributed by atoms with Gasteiger partial charge in [-0.25, -0.2) is 0 Å². The van der Waals surface area contributed by atoms with Crippen LogP contribution in [0.1, 0.15) is 46.5 Å². The van der Waals surface area contributed by atoms with Crippen molar-refractivity contribution < 1.29 is 4.74 Å². The van der Waals surface area contributed by atoms with Crippen LogP contribution in [0, 0.1) is 11.8 Å². The molecule has 2 rings (SSSR count). The molecule has 1 fully saturated rings. The zero-order valence-electron chi connectivity index (χ0n) is 9.68. The first kappa shape index (κ1) is 10.2. The zero-order valence-corrected chi connectivity index (χ0v) is 9.68. The summed E-state index contributed by atoms with van der Waals surface area (Å²) in [7, 11) is 0. The molecule has 1 heterocycles. The van der Waals surface area contributed by atoms with Crippen molar-refractivity contribution in [1.29, 1.82) is 0 Å². The van der Waals surface area contributed by atoms with Crippen LogP contribution >= 0.6 is 0 Å². The molecule has 0 saturated carbocycles. The van der Waals surface area contributed by atoms with Crippen LogP contribution in [0.2, 0.25) is 0 Å². The molecule has 0 aromatic carbocycles. The normalized spacial score (nSPS) is 35.2. The number of allylic oxidation sites excluding steroid dienone is 1. The molecule has 0 aromatic rings. The van der Waals surface area contributed by atoms with E-state index in [1.54, 1.807) is 5.57 Å². The van der Waals surface area contributed by atoms with Crippen LogP contribution < -0.4 is 0 Å². The van der Waals surface area contributed by atoms with Gasteiger partial charge in [-0.05, 0) is 37.2 Å². The summed E-state index contributed by atoms with van der Waals surface area (Å²) in [5.41, 5.74) is 1.74. The van der Waals surface area contributed by atoms with E-state index in [1.165, 1.54) is 12.8 Å². The second-order valence-corrected chi connectivity index (χ2v) is 4.83. The minimum atomic E-state index is 0.110. The summed E-state index contributed by atoms with van der Waals surface area (Å²) < 4.78 is 6.09. The predicted octanol–water partition coefficient (Wildman–Crippen LogP) is 3.55. The first-order valence-corrected chi connectivity index (χ1v) is 6.08. The van der Waals surface area contributed by atoms with Crippen molar-refractivity contribution in [2.24, 2.45) is 11.8 Å². The second kappa shape index (κ2) is 3.69. The van der Waals surface area contributed by atoms with Crippen LogP contribution in [0.3, 0.4) is 0 Å². The highest BCUT2D eigenvalue weighted by atomic mass is 16.5. The van der Waals surface area contributed by atoms with Crippen molar-refractivity contribution in [2.45, 2.75) is 52.1 Å². The summed E-state index contributed by atoms with van der Waals surface area (Å²) in [4.78, 5) is 0. The lowest BCUT2D eigenvalue weighted by Crippen LogP contribution is -2.30. The Bertz CT molecular complexity index is 238. The summed E-state index contributed by atoms with van der Waals surface area (Å²) in [6, 6.07) is 0. The van der Waals surface area contributed by atoms with E-state index in [0.717, 1.165) is 31.3 Å². The fraction of sp³-hybridized carbons (Fsp3) is 0.846. The summed E-state index contributed by atoms with van der Waals surface area (Å²) in [6.45, 7) is 7.86. The Morgan fingerprint density at radius 1 is 1.43 bits per heavy atom. The van der Waals surface area contributed by atoms with Crippen molar-refractivity contribution in [3.05, 3.63) is 11.6 Å². The lowest BCUT2D eigenvalue weighted by atomic mass is 9.73. The van der Waals surface area contributed by atoms with Gasteiger partial charge in [-0.1, -0.05) is 26.8 Å². The van der Waals surface area contributed by atoms with Gasteiger partial charge < -0.3 is 4.74 Å². The Hall–Kier alpha value is -0.300. The highest BCUT2D eigenvalue weighted by Gasteiger charge is 2.45. The van der Waals surface area contributed by atoms with Gasteiger partial charge in [0.1, 0.15) is 0 Å². The molecule has 1 aliphatic heterocycles. The van der Waals surface area contributed by atoms with Crippen LogP contribution in [-0.2, 0) is 4.74 Å². The van der Waals surface area contributed by atoms with E-state index in [4.69, 9.17) is 4.74 Å². The molecule has 0 bridgehead atoms. The molecule has 0 spiro atoms. The standard InChI is InChI=1S/C13H22O/c1-4-13(5-2)12-8-6-7-10(3)11(12)9-14-13/h8,10-11H,4-7,9H2,1-3H3. The second-order valence-electron chi connectivity index (χ2n) is 4.83. The minimum Gasteiger partial charge on any atom is -0.370 e. The largest absolute Gasteiger partial charge is 0.370 e. The lowest BCUT2D eigenvalue weighted by molar-refractivity contribution is 0.0135. The van der Waals surface area contributed by atoms with E-state index >= 15 is 0 Å². The van der Waals surface area contributed by atoms with E-state index in [2.05, 4.69) is 26.8 Å². The molecule has 2 atom stereocenters. The molecule has 2 unspecified atom stereocenters. The average molecular weight is 194 g/mol. The third kappa shape index (κ3) is 1.33. The minimum absolute atomic E-state index is 0.110. The maximum atomic E-state index is 6.09. The summed E-state index contributed by atoms with van der Waals surface area (Å²) in [6.07, 6.45) is 7.35. The van der Waals surface area contributed by atoms with Crippen molar-refractivity contribution in [2.75, 3.05) is 6.61 Å². The topological polar surface area (TPSA) is 9.23 Å². The SMILES string of the molecule is CCC1(CC)OCC2C1=CCCC2C. The molecule has 0 aromatic heterocycles. The van der Waals surface area contributed by atoms with E-state index in [0.29, 0.717) is 0 Å². The van der Waals surface area contributed by atoms with E-state index < -0.39 is 0 Å². The van der Waals surface area contributed by atoms with Crippen LogP contribution in [0.4, 0.5) is 0 Å². The van der Waals surface area contributed by atoms with Gasteiger partial charge in [-0.2, -0.15) is 0 Å². The van der Waals surface area contributed by atoms with Gasteiger partial charge >= 0.3 is 0 Å². The smallest absolute Gasteiger partial charge is 0.0890 e. The van der Waals surface area contributed by atoms with Crippen molar-refractivity contribution in [3.63, 3.8) is 0 Å². The molecule has 2 aliphatic rings. The Labute approximate surface area is 87.5 Å². The molecule has 1 aliphatic carbocycles. The molecule has 1 heteroatoms. The monoisotopic (exact) mass is 194 g/mol. The lowest BCUT2D eigenvalue weighted by Gasteiger charge is -2.32. The number of rotatable bonds is 2. The summed E-state index contributed by atoms with van der Waals surface area (Å²) in [5.74, 6) is 1.55. The fourth-order valence-electron chi connectivity index (χ4n) is 3.13. The van der Waals surface area contributed by atoms with Crippen LogP contribution in [0.5, 0.6) is 0 Å². The van der Waals surface area contributed by atoms with Crippen LogP contribution in [0.25, 0.3) is 0 Å². The molecular weight excluding hydrogens is 172 g/mol. The number of hydrogen-bond acceptors (Lipinski definition) is 1. The molecular formula is C13H22O. The third-order valence-corrected chi connectivity index (χ3v) is 4.28. The molecule has 0 N–H and O–H groups in total. The van der Waals surface area contributed by atoms with Crippen molar-refractivity contribution in [3.8, 4) is 0 Å². The highest BCUT2D eigenvalue weighted by Crippen LogP contribution is 2.47. The van der Waals surface area contributed by atoms with Gasteiger partial charge in [-0.3, -0.25) is 0 Å². The molecule has 0 amide bonds. The van der Waals surface area contributed by atoms with Crippen molar-refractivity contribution >= 4 is 0 Å². The Morgan fingerprint density at radius 2 is 2.14 bits per heavy atom. The van der Waals surface area contributed by atoms with E-state index in [9.17, 15) is 0 Å². The van der Waals surface area contributed by atoms with E-state index in [1.807, 2.05) is 0 Å². The zero-order chi connectivity index (χ0) is 10.2. The maximum Gasteiger partial charge on any atom is 0.0890 e. The first-order valence-electron chi connectivity index (χ1n) is 6.08. The number of fused-ring (bicyclic) bond motifs is 1. The molecule has 80 valence electrons. The molecule has 1 saturated heterocycles. The third-order valence-electron chi connectivity index (χ3n) is 4.28. The average Bonchev–Trinajstić information content (AvgIpc) is 2.59. The molecule has 1 nitrogen and oxygen atoms in total. The number of ether oxygens (including phenoxy) is 1. The van der Waals surface area contributed by atoms with Gasteiger partial charge in [0, 0.05) is 5.92 Å². The maximum absolute atomic E-state index is 6.09.